The van der Waals surface area contributed by atoms with Crippen molar-refractivity contribution in [2.24, 2.45) is 16.8 Å². The van der Waals surface area contributed by atoms with Gasteiger partial charge in [-0.2, -0.15) is 0 Å². The number of rotatable bonds is 20. The highest BCUT2D eigenvalue weighted by Gasteiger charge is 2.33. The second kappa shape index (κ2) is 25.2. The third-order valence-electron chi connectivity index (χ3n) is 12.4. The molecule has 2 heterocycles. The number of benzene rings is 4. The second-order valence-corrected chi connectivity index (χ2v) is 19.0. The lowest BCUT2D eigenvalue weighted by molar-refractivity contribution is -0.141. The van der Waals surface area contributed by atoms with Crippen LogP contribution in [0.15, 0.2) is 93.9 Å². The topological polar surface area (TPSA) is 314 Å². The summed E-state index contributed by atoms with van der Waals surface area (Å²) >= 11 is 1.72. The van der Waals surface area contributed by atoms with Crippen molar-refractivity contribution in [1.82, 2.24) is 36.3 Å². The van der Waals surface area contributed by atoms with Crippen LogP contribution in [0.1, 0.15) is 91.4 Å². The van der Waals surface area contributed by atoms with E-state index in [0.29, 0.717) is 31.6 Å². The summed E-state index contributed by atoms with van der Waals surface area (Å²) in [5.74, 6) is 6.26. The van der Waals surface area contributed by atoms with E-state index in [1.165, 1.54) is 34.4 Å². The standard InChI is InChI=1S/C54H53N11O9S/c1-31-25-36-16-15-35-11-3-4-12-38(35)50(36)49(31)51-39-26-33(9-5-7-23-58-63-56)13-19-43(39)75-44-20-14-34(27-40(44)51)10-6-8-24-65-30-37(62-64-65)17-21-45(66)61-42(28-48(70)71)53(73)57-29-46(67)60-41(18-22-47(68)69)54(74)59-32(2)52(55)72/h3-4,11-16,19-20,26-27,30-32,41-42H,7-8,17-18,21-25,28-29H2,1-2H3,(H2,55,72)(H,57,73)(H,59,74)(H,60,67)(H,61,66)(H,68,69)(H,70,71)/b51-49+/t31-,32+,41+,42+/m1/s1. The zero-order chi connectivity index (χ0) is 53.6. The number of allylic oxidation sites excluding steroid dienone is 1. The predicted molar refractivity (Wildman–Crippen MR) is 278 cm³/mol. The van der Waals surface area contributed by atoms with Gasteiger partial charge in [0.15, 0.2) is 0 Å². The molecule has 21 heteroatoms. The van der Waals surface area contributed by atoms with Gasteiger partial charge in [0.25, 0.3) is 0 Å². The Morgan fingerprint density at radius 2 is 1.56 bits per heavy atom. The highest BCUT2D eigenvalue weighted by molar-refractivity contribution is 7.99. The number of carboxylic acids is 2. The van der Waals surface area contributed by atoms with Gasteiger partial charge in [-0.1, -0.05) is 89.1 Å². The minimum Gasteiger partial charge on any atom is -0.481 e. The van der Waals surface area contributed by atoms with E-state index < -0.39 is 79.0 Å². The minimum atomic E-state index is -1.57. The number of carbonyl (C=O) groups is 7. The van der Waals surface area contributed by atoms with Gasteiger partial charge in [-0.15, -0.1) is 5.10 Å². The van der Waals surface area contributed by atoms with Gasteiger partial charge in [-0.3, -0.25) is 38.2 Å². The third kappa shape index (κ3) is 14.2. The van der Waals surface area contributed by atoms with Gasteiger partial charge in [0.1, 0.15) is 18.1 Å². The van der Waals surface area contributed by atoms with E-state index in [1.54, 1.807) is 22.6 Å². The lowest BCUT2D eigenvalue weighted by Gasteiger charge is -2.26. The minimum absolute atomic E-state index is 0.105. The number of carboxylic acid groups (broad SMARTS) is 2. The number of hydrogen-bond donors (Lipinski definition) is 7. The molecule has 0 bridgehead atoms. The normalized spacial score (nSPS) is 15.1. The Bertz CT molecular complexity index is 3300. The molecule has 4 atom stereocenters. The average Bonchev–Trinajstić information content (AvgIpc) is 3.99. The number of hydrogen-bond acceptors (Lipinski definition) is 11. The SMILES string of the molecule is C[C@H](NC(=O)[C@H](CCC(=O)O)NC(=O)CNC(=O)[C@H](CC(=O)O)NC(=O)CCc1cn(CCC#Cc2ccc3c(c2)/C(=C2/c4c(ccc5ccccc45)C[C@H]2C)c2cc(C#CCCN=[N+]=[N-])ccc2S3)nn1)C(N)=O. The van der Waals surface area contributed by atoms with Gasteiger partial charge < -0.3 is 37.2 Å². The van der Waals surface area contributed by atoms with E-state index in [1.807, 2.05) is 12.1 Å². The molecule has 5 aromatic rings. The van der Waals surface area contributed by atoms with Gasteiger partial charge in [0.05, 0.1) is 25.2 Å². The van der Waals surface area contributed by atoms with Crippen molar-refractivity contribution in [1.29, 1.82) is 0 Å². The second-order valence-electron chi connectivity index (χ2n) is 17.9. The van der Waals surface area contributed by atoms with E-state index in [0.717, 1.165) is 44.0 Å². The van der Waals surface area contributed by atoms with Crippen molar-refractivity contribution in [2.45, 2.75) is 99.7 Å². The van der Waals surface area contributed by atoms with Crippen molar-refractivity contribution in [3.63, 3.8) is 0 Å². The molecule has 20 nitrogen and oxygen atoms in total. The van der Waals surface area contributed by atoms with Crippen molar-refractivity contribution in [3.05, 3.63) is 129 Å². The van der Waals surface area contributed by atoms with E-state index in [9.17, 15) is 38.7 Å². The van der Waals surface area contributed by atoms with Crippen LogP contribution in [0.5, 0.6) is 0 Å². The monoisotopic (exact) mass is 1030 g/mol. The summed E-state index contributed by atoms with van der Waals surface area (Å²) in [6.45, 7) is 3.53. The van der Waals surface area contributed by atoms with E-state index >= 15 is 0 Å². The highest BCUT2D eigenvalue weighted by Crippen LogP contribution is 2.53. The summed E-state index contributed by atoms with van der Waals surface area (Å²) in [7, 11) is 0. The molecule has 0 fully saturated rings. The number of nitrogens with two attached hydrogens (primary N) is 1. The predicted octanol–water partition coefficient (Wildman–Crippen LogP) is 4.89. The maximum atomic E-state index is 13.0. The van der Waals surface area contributed by atoms with E-state index in [4.69, 9.17) is 16.4 Å². The summed E-state index contributed by atoms with van der Waals surface area (Å²) in [5, 5.41) is 42.0. The van der Waals surface area contributed by atoms with E-state index in [2.05, 4.69) is 133 Å². The number of amides is 5. The summed E-state index contributed by atoms with van der Waals surface area (Å²) in [4.78, 5) is 90.4. The van der Waals surface area contributed by atoms with Crippen LogP contribution in [-0.2, 0) is 52.9 Å². The summed E-state index contributed by atoms with van der Waals surface area (Å²) < 4.78 is 1.60. The molecule has 1 aliphatic carbocycles. The molecule has 7 rings (SSSR count). The zero-order valence-electron chi connectivity index (χ0n) is 41.0. The molecule has 5 amide bonds. The third-order valence-corrected chi connectivity index (χ3v) is 13.5. The number of nitrogens with zero attached hydrogens (tertiary/aromatic N) is 6. The van der Waals surface area contributed by atoms with Crippen LogP contribution >= 0.6 is 11.8 Å². The van der Waals surface area contributed by atoms with Crippen LogP contribution in [0.4, 0.5) is 0 Å². The molecule has 8 N–H and O–H groups in total. The molecular weight excluding hydrogens is 979 g/mol. The van der Waals surface area contributed by atoms with Gasteiger partial charge in [0, 0.05) is 70.7 Å². The van der Waals surface area contributed by atoms with Gasteiger partial charge >= 0.3 is 11.9 Å². The fraction of sp³-hybridized carbons (Fsp3) is 0.315. The molecule has 0 saturated heterocycles. The van der Waals surface area contributed by atoms with Crippen LogP contribution < -0.4 is 27.0 Å². The molecule has 0 spiro atoms. The van der Waals surface area contributed by atoms with Crippen LogP contribution in [0.2, 0.25) is 0 Å². The Kier molecular flexibility index (Phi) is 18.1. The number of aliphatic carboxylic acids is 2. The smallest absolute Gasteiger partial charge is 0.305 e. The number of azide groups is 1. The van der Waals surface area contributed by atoms with Crippen LogP contribution in [-0.4, -0.2) is 97.9 Å². The number of primary amides is 1. The van der Waals surface area contributed by atoms with Crippen LogP contribution in [0.25, 0.3) is 32.4 Å². The molecule has 4 aromatic carbocycles. The van der Waals surface area contributed by atoms with E-state index in [-0.39, 0.29) is 25.2 Å². The Morgan fingerprint density at radius 3 is 2.24 bits per heavy atom. The maximum absolute atomic E-state index is 13.0. The highest BCUT2D eigenvalue weighted by atomic mass is 32.2. The van der Waals surface area contributed by atoms with Crippen molar-refractivity contribution in [3.8, 4) is 23.7 Å². The van der Waals surface area contributed by atoms with Crippen LogP contribution in [0, 0.1) is 29.6 Å². The van der Waals surface area contributed by atoms with Crippen LogP contribution in [0.3, 0.4) is 0 Å². The molecule has 1 aromatic heterocycles. The molecule has 384 valence electrons. The van der Waals surface area contributed by atoms with Crippen molar-refractivity contribution >= 4 is 75.2 Å². The molecule has 0 unspecified atom stereocenters. The first-order valence-electron chi connectivity index (χ1n) is 24.1. The Balaban J connectivity index is 0.986. The first-order valence-corrected chi connectivity index (χ1v) is 24.9. The van der Waals surface area contributed by atoms with Gasteiger partial charge in [0.2, 0.25) is 29.5 Å². The lowest BCUT2D eigenvalue weighted by atomic mass is 9.84. The Morgan fingerprint density at radius 1 is 0.867 bits per heavy atom. The lowest BCUT2D eigenvalue weighted by Crippen LogP contribution is -2.54. The molecule has 1 aliphatic heterocycles. The van der Waals surface area contributed by atoms with Gasteiger partial charge in [-0.05, 0) is 112 Å². The number of aromatic nitrogens is 3. The molecule has 0 saturated carbocycles. The number of aryl methyl sites for hydroxylation is 2. The average molecular weight is 1030 g/mol. The quantitative estimate of drug-likeness (QED) is 0.0177. The number of fused-ring (bicyclic) bond motifs is 5. The summed E-state index contributed by atoms with van der Waals surface area (Å²) in [5.41, 5.74) is 23.3. The fourth-order valence-corrected chi connectivity index (χ4v) is 9.81. The maximum Gasteiger partial charge on any atom is 0.305 e. The van der Waals surface area contributed by atoms with Gasteiger partial charge in [-0.25, -0.2) is 0 Å². The number of carbonyl (C=O) groups excluding carboxylic acids is 5. The molecule has 2 aliphatic rings. The van der Waals surface area contributed by atoms with Crippen molar-refractivity contribution in [2.75, 3.05) is 13.1 Å². The summed E-state index contributed by atoms with van der Waals surface area (Å²) in [6.07, 6.45) is 1.71. The Labute approximate surface area is 435 Å². The molecule has 75 heavy (non-hydrogen) atoms. The molecule has 0 radical (unpaired) electrons. The van der Waals surface area contributed by atoms with Crippen molar-refractivity contribution < 1.29 is 43.8 Å². The first-order chi connectivity index (χ1) is 36.1. The number of nitrogens with one attached hydrogen (secondary N) is 4. The Hall–Kier alpha value is -8.91. The zero-order valence-corrected chi connectivity index (χ0v) is 41.8. The first kappa shape index (κ1) is 53.9. The summed E-state index contributed by atoms with van der Waals surface area (Å²) in [6, 6.07) is 21.5. The largest absolute Gasteiger partial charge is 0.481 e. The molecular formula is C54H53N11O9S. The fourth-order valence-electron chi connectivity index (χ4n) is 8.75.